The molecule has 0 saturated heterocycles. The van der Waals surface area contributed by atoms with Gasteiger partial charge in [-0.25, -0.2) is 14.5 Å². The van der Waals surface area contributed by atoms with E-state index in [-0.39, 0.29) is 28.1 Å². The van der Waals surface area contributed by atoms with E-state index in [1.165, 1.54) is 24.3 Å². The lowest BCUT2D eigenvalue weighted by atomic mass is 10.1. The Labute approximate surface area is 231 Å². The molecule has 0 spiro atoms. The fourth-order valence-electron chi connectivity index (χ4n) is 3.94. The average molecular weight is 547 g/mol. The smallest absolute Gasteiger partial charge is 0.343 e. The molecule has 0 saturated carbocycles. The molecule has 0 aromatic heterocycles. The van der Waals surface area contributed by atoms with Crippen molar-refractivity contribution in [2.75, 3.05) is 10.2 Å². The third kappa shape index (κ3) is 5.71. The second-order valence-corrected chi connectivity index (χ2v) is 9.76. The van der Waals surface area contributed by atoms with Crippen LogP contribution < -0.4 is 15.0 Å². The number of carbonyl (C=O) groups excluding carboxylic acids is 4. The van der Waals surface area contributed by atoms with Gasteiger partial charge in [0, 0.05) is 5.69 Å². The molecule has 0 atom stereocenters. The molecular formula is C30H27ClN2O6. The number of esters is 2. The number of ether oxygens (including phenoxy) is 2. The topological polar surface area (TPSA) is 102 Å². The maximum absolute atomic E-state index is 13.1. The summed E-state index contributed by atoms with van der Waals surface area (Å²) in [5.74, 6) is -1.86. The number of nitrogens with one attached hydrogen (secondary N) is 1. The number of aryl methyl sites for hydroxylation is 2. The minimum absolute atomic E-state index is 0.105. The number of benzene rings is 3. The molecule has 1 aliphatic rings. The fourth-order valence-corrected chi connectivity index (χ4v) is 4.16. The lowest BCUT2D eigenvalue weighted by molar-refractivity contribution is -0.120. The van der Waals surface area contributed by atoms with E-state index in [0.29, 0.717) is 17.0 Å². The minimum atomic E-state index is -0.703. The van der Waals surface area contributed by atoms with Crippen LogP contribution in [0.15, 0.2) is 71.4 Å². The summed E-state index contributed by atoms with van der Waals surface area (Å²) in [6.45, 7) is 9.19. The number of anilines is 2. The molecule has 8 nitrogen and oxygen atoms in total. The quantitative estimate of drug-likeness (QED) is 0.226. The van der Waals surface area contributed by atoms with E-state index in [0.717, 1.165) is 21.6 Å². The molecule has 3 aromatic rings. The van der Waals surface area contributed by atoms with Gasteiger partial charge < -0.3 is 14.8 Å². The van der Waals surface area contributed by atoms with Crippen LogP contribution in [0.5, 0.6) is 5.75 Å². The number of rotatable bonds is 7. The van der Waals surface area contributed by atoms with Gasteiger partial charge in [-0.3, -0.25) is 9.59 Å². The molecule has 0 aliphatic carbocycles. The highest BCUT2D eigenvalue weighted by molar-refractivity contribution is 6.53. The zero-order chi connectivity index (χ0) is 28.4. The summed E-state index contributed by atoms with van der Waals surface area (Å²) >= 11 is 6.23. The highest BCUT2D eigenvalue weighted by Gasteiger charge is 2.39. The van der Waals surface area contributed by atoms with Crippen molar-refractivity contribution in [2.45, 2.75) is 40.7 Å². The van der Waals surface area contributed by atoms with Crippen LogP contribution in [0.25, 0.3) is 0 Å². The third-order valence-electron chi connectivity index (χ3n) is 6.19. The molecule has 4 rings (SSSR count). The van der Waals surface area contributed by atoms with Crippen LogP contribution in [0.3, 0.4) is 0 Å². The van der Waals surface area contributed by atoms with Crippen molar-refractivity contribution in [3.8, 4) is 5.75 Å². The van der Waals surface area contributed by atoms with Crippen molar-refractivity contribution < 1.29 is 28.7 Å². The van der Waals surface area contributed by atoms with Crippen LogP contribution in [-0.2, 0) is 14.3 Å². The third-order valence-corrected chi connectivity index (χ3v) is 6.54. The summed E-state index contributed by atoms with van der Waals surface area (Å²) in [6.07, 6.45) is -0.281. The Bertz CT molecular complexity index is 1510. The fraction of sp³-hybridized carbons (Fsp3) is 0.200. The maximum atomic E-state index is 13.1. The summed E-state index contributed by atoms with van der Waals surface area (Å²) in [5.41, 5.74) is 3.95. The number of halogens is 1. The maximum Gasteiger partial charge on any atom is 0.343 e. The monoisotopic (exact) mass is 546 g/mol. The van der Waals surface area contributed by atoms with Gasteiger partial charge in [-0.2, -0.15) is 0 Å². The van der Waals surface area contributed by atoms with Gasteiger partial charge in [0.1, 0.15) is 16.5 Å². The first-order valence-electron chi connectivity index (χ1n) is 12.2. The number of carbonyl (C=O) groups is 4. The Morgan fingerprint density at radius 1 is 0.795 bits per heavy atom. The van der Waals surface area contributed by atoms with Gasteiger partial charge in [0.05, 0.1) is 22.9 Å². The van der Waals surface area contributed by atoms with E-state index in [2.05, 4.69) is 5.32 Å². The normalized spacial score (nSPS) is 13.3. The van der Waals surface area contributed by atoms with Crippen molar-refractivity contribution in [2.24, 2.45) is 0 Å². The van der Waals surface area contributed by atoms with E-state index < -0.39 is 23.8 Å². The number of amides is 2. The van der Waals surface area contributed by atoms with Crippen molar-refractivity contribution in [1.29, 1.82) is 0 Å². The predicted octanol–water partition coefficient (Wildman–Crippen LogP) is 5.83. The molecule has 2 amide bonds. The minimum Gasteiger partial charge on any atom is -0.459 e. The molecule has 0 unspecified atom stereocenters. The van der Waals surface area contributed by atoms with Crippen LogP contribution in [0.4, 0.5) is 11.4 Å². The lowest BCUT2D eigenvalue weighted by Crippen LogP contribution is -2.32. The van der Waals surface area contributed by atoms with Gasteiger partial charge in [-0.05, 0) is 99.8 Å². The average Bonchev–Trinajstić information content (AvgIpc) is 3.11. The Kier molecular flexibility index (Phi) is 7.88. The summed E-state index contributed by atoms with van der Waals surface area (Å²) in [7, 11) is 0. The molecule has 3 aromatic carbocycles. The van der Waals surface area contributed by atoms with Gasteiger partial charge in [0.25, 0.3) is 11.8 Å². The van der Waals surface area contributed by atoms with Crippen LogP contribution in [0.1, 0.15) is 51.3 Å². The van der Waals surface area contributed by atoms with Crippen LogP contribution in [0.2, 0.25) is 0 Å². The van der Waals surface area contributed by atoms with Crippen molar-refractivity contribution in [1.82, 2.24) is 0 Å². The second kappa shape index (κ2) is 11.1. The Balaban J connectivity index is 1.46. The van der Waals surface area contributed by atoms with Gasteiger partial charge >= 0.3 is 11.9 Å². The van der Waals surface area contributed by atoms with E-state index in [1.54, 1.807) is 38.1 Å². The molecule has 39 heavy (non-hydrogen) atoms. The van der Waals surface area contributed by atoms with Crippen molar-refractivity contribution in [3.05, 3.63) is 99.2 Å². The number of hydrogen-bond acceptors (Lipinski definition) is 7. The van der Waals surface area contributed by atoms with Gasteiger partial charge in [-0.15, -0.1) is 0 Å². The molecule has 9 heteroatoms. The molecular weight excluding hydrogens is 520 g/mol. The van der Waals surface area contributed by atoms with Crippen LogP contribution in [-0.4, -0.2) is 29.9 Å². The standard InChI is InChI=1S/C30H27ClN2O6/c1-16(2)38-29(36)21-10-14-23(15-11-21)33-27(34)24(31)25(28(33)35)32-22-12-8-20(9-13-22)30(37)39-26-18(4)7-6-17(3)19(26)5/h6-16,32H,1-5H3. The van der Waals surface area contributed by atoms with Crippen molar-refractivity contribution >= 4 is 46.7 Å². The molecule has 0 radical (unpaired) electrons. The largest absolute Gasteiger partial charge is 0.459 e. The Morgan fingerprint density at radius 3 is 1.97 bits per heavy atom. The molecule has 1 N–H and O–H groups in total. The first kappa shape index (κ1) is 27.6. The van der Waals surface area contributed by atoms with Gasteiger partial charge in [-0.1, -0.05) is 23.7 Å². The van der Waals surface area contributed by atoms with Crippen LogP contribution in [0, 0.1) is 20.8 Å². The zero-order valence-electron chi connectivity index (χ0n) is 22.1. The summed E-state index contributed by atoms with van der Waals surface area (Å²) < 4.78 is 10.8. The number of imide groups is 1. The molecule has 0 bridgehead atoms. The first-order chi connectivity index (χ1) is 18.5. The first-order valence-corrected chi connectivity index (χ1v) is 12.6. The lowest BCUT2D eigenvalue weighted by Gasteiger charge is -2.16. The van der Waals surface area contributed by atoms with E-state index >= 15 is 0 Å². The molecule has 1 aliphatic heterocycles. The van der Waals surface area contributed by atoms with E-state index in [4.69, 9.17) is 21.1 Å². The summed E-state index contributed by atoms with van der Waals surface area (Å²) in [4.78, 5) is 51.6. The number of hydrogen-bond donors (Lipinski definition) is 1. The molecule has 1 heterocycles. The van der Waals surface area contributed by atoms with E-state index in [9.17, 15) is 19.2 Å². The SMILES string of the molecule is Cc1ccc(C)c(OC(=O)c2ccc(NC3=C(Cl)C(=O)N(c4ccc(C(=O)OC(C)C)cc4)C3=O)cc2)c1C. The highest BCUT2D eigenvalue weighted by atomic mass is 35.5. The molecule has 0 fully saturated rings. The predicted molar refractivity (Wildman–Crippen MR) is 148 cm³/mol. The zero-order valence-corrected chi connectivity index (χ0v) is 22.9. The highest BCUT2D eigenvalue weighted by Crippen LogP contribution is 2.31. The van der Waals surface area contributed by atoms with Crippen molar-refractivity contribution in [3.63, 3.8) is 0 Å². The molecule has 200 valence electrons. The Hall–Kier alpha value is -4.43. The van der Waals surface area contributed by atoms with Crippen LogP contribution >= 0.6 is 11.6 Å². The summed E-state index contributed by atoms with van der Waals surface area (Å²) in [5, 5.41) is 2.59. The van der Waals surface area contributed by atoms with E-state index in [1.807, 2.05) is 32.9 Å². The Morgan fingerprint density at radius 2 is 1.36 bits per heavy atom. The van der Waals surface area contributed by atoms with Gasteiger partial charge in [0.15, 0.2) is 0 Å². The summed E-state index contributed by atoms with van der Waals surface area (Å²) in [6, 6.07) is 16.0. The second-order valence-electron chi connectivity index (χ2n) is 9.38. The number of nitrogens with zero attached hydrogens (tertiary/aromatic N) is 1. The van der Waals surface area contributed by atoms with Gasteiger partial charge in [0.2, 0.25) is 0 Å².